The van der Waals surface area contributed by atoms with Gasteiger partial charge in [-0.2, -0.15) is 0 Å². The first kappa shape index (κ1) is 63.3. The van der Waals surface area contributed by atoms with E-state index in [0.717, 1.165) is 13.8 Å². The molecular formula is C32H58Cl2CuN12O12. The molecule has 1 radical (unpaired) electrons. The van der Waals surface area contributed by atoms with Crippen LogP contribution in [0.4, 0.5) is 0 Å². The second-order valence-electron chi connectivity index (χ2n) is 11.6. The smallest absolute Gasteiger partial charge is 0.326 e. The fourth-order valence-electron chi connectivity index (χ4n) is 4.15. The largest absolute Gasteiger partial charge is 0.496 e. The number of aromatic nitrogens is 4. The second kappa shape index (κ2) is 38.6. The number of hydrogen-bond acceptors (Lipinski definition) is 14. The van der Waals surface area contributed by atoms with Gasteiger partial charge in [0, 0.05) is 67.5 Å². The van der Waals surface area contributed by atoms with Crippen molar-refractivity contribution in [3.05, 3.63) is 36.4 Å². The van der Waals surface area contributed by atoms with Crippen LogP contribution in [0.25, 0.3) is 0 Å². The van der Waals surface area contributed by atoms with Crippen LogP contribution in [0.5, 0.6) is 0 Å². The zero-order valence-corrected chi connectivity index (χ0v) is 35.0. The fourth-order valence-corrected chi connectivity index (χ4v) is 4.15. The topological polar surface area (TPSA) is 431 Å². The molecule has 0 saturated heterocycles. The van der Waals surface area contributed by atoms with E-state index in [4.69, 9.17) is 42.7 Å². The molecule has 59 heavy (non-hydrogen) atoms. The average Bonchev–Trinajstić information content (AvgIpc) is 3.84. The minimum Gasteiger partial charge on any atom is -0.496 e. The zero-order valence-electron chi connectivity index (χ0n) is 32.5. The number of aliphatic hydroxyl groups excluding tert-OH is 1. The molecule has 27 heteroatoms. The summed E-state index contributed by atoms with van der Waals surface area (Å²) in [6.07, 6.45) is 9.23. The SMILES string of the molecule is CC(=O)O.CC(=O)O.Cl.Cl.NCCCCC(NC(=O)[C@H](Cc1cnc[nH]1)NC(=O)CN)C(=O)O.NCCCC[C@@H](NC(=O)[C@H](Cc1cnc[nH]1)N=C(O)CN)C(=O)O.[Cu]. The van der Waals surface area contributed by atoms with Crippen molar-refractivity contribution in [2.45, 2.75) is 89.4 Å². The number of unbranched alkanes of at least 4 members (excludes halogenated alkanes) is 2. The van der Waals surface area contributed by atoms with Crippen molar-refractivity contribution in [3.8, 4) is 0 Å². The van der Waals surface area contributed by atoms with Gasteiger partial charge in [0.25, 0.3) is 11.9 Å². The molecule has 1 unspecified atom stereocenters. The number of hydrogen-bond donors (Lipinski definition) is 14. The van der Waals surface area contributed by atoms with Gasteiger partial charge < -0.3 is 74.4 Å². The zero-order chi connectivity index (χ0) is 43.1. The van der Waals surface area contributed by atoms with E-state index in [9.17, 15) is 39.3 Å². The van der Waals surface area contributed by atoms with E-state index >= 15 is 0 Å². The van der Waals surface area contributed by atoms with E-state index in [-0.39, 0.29) is 86.6 Å². The molecule has 2 aromatic rings. The third kappa shape index (κ3) is 34.8. The van der Waals surface area contributed by atoms with E-state index in [1.54, 1.807) is 0 Å². The van der Waals surface area contributed by atoms with Crippen molar-refractivity contribution in [2.24, 2.45) is 27.9 Å². The van der Waals surface area contributed by atoms with E-state index < -0.39 is 65.8 Å². The van der Waals surface area contributed by atoms with Crippen molar-refractivity contribution in [2.75, 3.05) is 26.2 Å². The summed E-state index contributed by atoms with van der Waals surface area (Å²) in [5.74, 6) is -6.02. The van der Waals surface area contributed by atoms with Crippen LogP contribution in [0.1, 0.15) is 63.8 Å². The summed E-state index contributed by atoms with van der Waals surface area (Å²) < 4.78 is 0. The molecule has 0 aliphatic heterocycles. The Labute approximate surface area is 363 Å². The Morgan fingerprint density at radius 1 is 0.644 bits per heavy atom. The summed E-state index contributed by atoms with van der Waals surface area (Å²) in [7, 11) is 0. The summed E-state index contributed by atoms with van der Waals surface area (Å²) in [4.78, 5) is 94.0. The van der Waals surface area contributed by atoms with Crippen LogP contribution in [-0.2, 0) is 63.5 Å². The minimum absolute atomic E-state index is 0. The molecule has 0 saturated carbocycles. The summed E-state index contributed by atoms with van der Waals surface area (Å²) in [5.41, 5.74) is 22.6. The quantitative estimate of drug-likeness (QED) is 0.0264. The predicted octanol–water partition coefficient (Wildman–Crippen LogP) is -1.95. The number of H-pyrrole nitrogens is 2. The third-order valence-corrected chi connectivity index (χ3v) is 6.70. The Kier molecular flexibility index (Phi) is 41.4. The summed E-state index contributed by atoms with van der Waals surface area (Å²) in [6, 6.07) is -4.03. The molecule has 3 amide bonds. The molecule has 343 valence electrons. The van der Waals surface area contributed by atoms with E-state index in [1.165, 1.54) is 25.0 Å². The first-order chi connectivity index (χ1) is 26.4. The molecule has 18 N–H and O–H groups in total. The molecule has 0 aliphatic rings. The van der Waals surface area contributed by atoms with Crippen molar-refractivity contribution < 1.29 is 76.2 Å². The summed E-state index contributed by atoms with van der Waals surface area (Å²) in [5, 5.41) is 50.2. The molecule has 24 nitrogen and oxygen atoms in total. The first-order valence-electron chi connectivity index (χ1n) is 17.2. The van der Waals surface area contributed by atoms with Gasteiger partial charge in [0.2, 0.25) is 17.7 Å². The summed E-state index contributed by atoms with van der Waals surface area (Å²) in [6.45, 7) is 2.59. The van der Waals surface area contributed by atoms with Gasteiger partial charge in [-0.25, -0.2) is 24.5 Å². The van der Waals surface area contributed by atoms with E-state index in [0.29, 0.717) is 50.2 Å². The number of nitrogens with zero attached hydrogens (tertiary/aromatic N) is 3. The standard InChI is InChI=1S/2C14H24N6O4.2C2H4O2.2ClH.Cu/c2*15-4-2-1-3-10(14(23)24)20-13(22)11(19-12(21)6-16)5-9-7-17-8-18-9;2*1-2(3)4;;;/h2*7-8,10-11H,1-6,15-16H2,(H,17,18)(H,19,21)(H,20,22)(H,23,24);2*1H3,(H,3,4);2*1H;/t10?,11-;10-,11+;;;;;/m01...../s1. The van der Waals surface area contributed by atoms with Gasteiger partial charge in [0.15, 0.2) is 5.90 Å². The number of nitrogens with two attached hydrogens (primary N) is 4. The Hall–Kier alpha value is -4.88. The van der Waals surface area contributed by atoms with Gasteiger partial charge in [-0.05, 0) is 51.6 Å². The molecule has 4 atom stereocenters. The van der Waals surface area contributed by atoms with Gasteiger partial charge in [0.1, 0.15) is 24.2 Å². The van der Waals surface area contributed by atoms with Gasteiger partial charge in [-0.15, -0.1) is 24.8 Å². The maximum absolute atomic E-state index is 12.4. The second-order valence-corrected chi connectivity index (χ2v) is 11.6. The van der Waals surface area contributed by atoms with Gasteiger partial charge in [-0.3, -0.25) is 24.0 Å². The van der Waals surface area contributed by atoms with Crippen LogP contribution in [0.2, 0.25) is 0 Å². The van der Waals surface area contributed by atoms with Crippen LogP contribution in [-0.4, -0.2) is 143 Å². The molecule has 0 bridgehead atoms. The van der Waals surface area contributed by atoms with Crippen molar-refractivity contribution in [1.82, 2.24) is 35.9 Å². The number of aliphatic hydroxyl groups is 1. The van der Waals surface area contributed by atoms with Crippen LogP contribution in [0.15, 0.2) is 30.0 Å². The number of amides is 3. The fraction of sp³-hybridized carbons (Fsp3) is 0.562. The van der Waals surface area contributed by atoms with Crippen LogP contribution < -0.4 is 38.9 Å². The Morgan fingerprint density at radius 3 is 1.39 bits per heavy atom. The predicted molar refractivity (Wildman–Crippen MR) is 215 cm³/mol. The maximum atomic E-state index is 12.4. The minimum atomic E-state index is -1.13. The number of nitrogens with one attached hydrogen (secondary N) is 5. The number of aliphatic imine (C=N–C) groups is 1. The maximum Gasteiger partial charge on any atom is 0.326 e. The summed E-state index contributed by atoms with van der Waals surface area (Å²) >= 11 is 0. The molecule has 0 aliphatic carbocycles. The van der Waals surface area contributed by atoms with E-state index in [1.807, 2.05) is 0 Å². The molecule has 0 aromatic carbocycles. The van der Waals surface area contributed by atoms with Crippen LogP contribution in [0, 0.1) is 0 Å². The van der Waals surface area contributed by atoms with Crippen molar-refractivity contribution in [1.29, 1.82) is 0 Å². The number of halogens is 2. The number of carbonyl (C=O) groups is 7. The number of carboxylic acid groups (broad SMARTS) is 4. The first-order valence-corrected chi connectivity index (χ1v) is 17.2. The molecular weight excluding hydrogens is 879 g/mol. The van der Waals surface area contributed by atoms with E-state index in [2.05, 4.69) is 40.9 Å². The Morgan fingerprint density at radius 2 is 1.05 bits per heavy atom. The molecule has 0 spiro atoms. The molecule has 0 fully saturated rings. The van der Waals surface area contributed by atoms with Gasteiger partial charge in [-0.1, -0.05) is 0 Å². The molecule has 2 heterocycles. The number of aliphatic carboxylic acids is 4. The number of imidazole rings is 2. The van der Waals surface area contributed by atoms with Crippen LogP contribution in [0.3, 0.4) is 0 Å². The third-order valence-electron chi connectivity index (χ3n) is 6.70. The van der Waals surface area contributed by atoms with Crippen LogP contribution >= 0.6 is 24.8 Å². The normalized spacial score (nSPS) is 11.9. The Bertz CT molecular complexity index is 1470. The van der Waals surface area contributed by atoms with Gasteiger partial charge >= 0.3 is 11.9 Å². The molecule has 2 rings (SSSR count). The molecule has 2 aromatic heterocycles. The number of rotatable bonds is 22. The van der Waals surface area contributed by atoms with Crippen molar-refractivity contribution in [3.63, 3.8) is 0 Å². The Balaban J connectivity index is -0.000000266. The van der Waals surface area contributed by atoms with Gasteiger partial charge in [0.05, 0.1) is 25.7 Å². The number of carbonyl (C=O) groups excluding carboxylic acids is 3. The average molecular weight is 937 g/mol. The van der Waals surface area contributed by atoms with Crippen molar-refractivity contribution >= 4 is 72.3 Å². The number of aromatic amines is 2. The monoisotopic (exact) mass is 935 g/mol. The number of carboxylic acids is 4.